The lowest BCUT2D eigenvalue weighted by molar-refractivity contribution is -0.119. The van der Waals surface area contributed by atoms with E-state index in [0.717, 1.165) is 5.56 Å². The van der Waals surface area contributed by atoms with Crippen molar-refractivity contribution in [2.75, 3.05) is 11.9 Å². The molecule has 1 atom stereocenters. The Morgan fingerprint density at radius 2 is 1.60 bits per heavy atom. The molecule has 0 saturated carbocycles. The molecule has 1 aromatic heterocycles. The smallest absolute Gasteiger partial charge is 0.340 e. The number of rotatable bonds is 8. The van der Waals surface area contributed by atoms with Crippen LogP contribution in [-0.2, 0) is 9.53 Å². The Bertz CT molecular complexity index is 1320. The van der Waals surface area contributed by atoms with Crippen LogP contribution in [0.25, 0.3) is 5.69 Å². The highest BCUT2D eigenvalue weighted by atomic mass is 16.5. The number of aromatic nitrogens is 4. The number of esters is 1. The van der Waals surface area contributed by atoms with Crippen LogP contribution in [-0.4, -0.2) is 44.6 Å². The van der Waals surface area contributed by atoms with E-state index in [1.165, 1.54) is 11.0 Å². The van der Waals surface area contributed by atoms with Gasteiger partial charge in [-0.1, -0.05) is 54.6 Å². The van der Waals surface area contributed by atoms with Crippen molar-refractivity contribution >= 4 is 23.5 Å². The van der Waals surface area contributed by atoms with Crippen LogP contribution in [0.1, 0.15) is 39.2 Å². The van der Waals surface area contributed by atoms with Gasteiger partial charge in [0.05, 0.1) is 28.5 Å². The predicted octanol–water partition coefficient (Wildman–Crippen LogP) is 2.95. The second-order valence-corrected chi connectivity index (χ2v) is 7.55. The number of carbonyl (C=O) groups excluding carboxylic acids is 3. The summed E-state index contributed by atoms with van der Waals surface area (Å²) < 4.78 is 6.51. The van der Waals surface area contributed by atoms with E-state index in [-0.39, 0.29) is 17.5 Å². The third-order valence-electron chi connectivity index (χ3n) is 5.15. The monoisotopic (exact) mass is 470 g/mol. The summed E-state index contributed by atoms with van der Waals surface area (Å²) in [5.74, 6) is -1.65. The summed E-state index contributed by atoms with van der Waals surface area (Å²) in [6.07, 6.45) is 1.35. The molecule has 0 spiro atoms. The van der Waals surface area contributed by atoms with E-state index in [9.17, 15) is 14.4 Å². The zero-order chi connectivity index (χ0) is 24.6. The molecule has 10 nitrogen and oxygen atoms in total. The molecular formula is C25H22N6O4. The third-order valence-corrected chi connectivity index (χ3v) is 5.15. The van der Waals surface area contributed by atoms with Gasteiger partial charge in [0, 0.05) is 0 Å². The summed E-state index contributed by atoms with van der Waals surface area (Å²) in [5.41, 5.74) is 2.16. The van der Waals surface area contributed by atoms with Crippen LogP contribution >= 0.6 is 0 Å². The fourth-order valence-electron chi connectivity index (χ4n) is 3.40. The number of hydrogen-bond acceptors (Lipinski definition) is 7. The van der Waals surface area contributed by atoms with E-state index in [1.807, 2.05) is 37.3 Å². The molecule has 4 aromatic rings. The van der Waals surface area contributed by atoms with Gasteiger partial charge in [-0.3, -0.25) is 9.59 Å². The zero-order valence-corrected chi connectivity index (χ0v) is 18.8. The van der Waals surface area contributed by atoms with E-state index in [2.05, 4.69) is 26.2 Å². The van der Waals surface area contributed by atoms with Crippen molar-refractivity contribution < 1.29 is 19.1 Å². The predicted molar refractivity (Wildman–Crippen MR) is 127 cm³/mol. The van der Waals surface area contributed by atoms with Crippen molar-refractivity contribution in [1.82, 2.24) is 25.5 Å². The summed E-state index contributed by atoms with van der Waals surface area (Å²) in [7, 11) is 0. The molecule has 0 saturated heterocycles. The molecule has 0 aliphatic carbocycles. The van der Waals surface area contributed by atoms with Crippen LogP contribution in [0.4, 0.5) is 5.69 Å². The average molecular weight is 470 g/mol. The summed E-state index contributed by atoms with van der Waals surface area (Å²) in [6, 6.07) is 22.5. The molecule has 2 amide bonds. The lowest BCUT2D eigenvalue weighted by Gasteiger charge is -2.16. The normalized spacial score (nSPS) is 11.3. The molecule has 10 heteroatoms. The van der Waals surface area contributed by atoms with Crippen molar-refractivity contribution in [3.05, 3.63) is 102 Å². The maximum atomic E-state index is 12.9. The first-order valence-electron chi connectivity index (χ1n) is 10.8. The molecule has 0 aliphatic heterocycles. The Hall–Kier alpha value is -4.86. The molecule has 2 N–H and O–H groups in total. The molecule has 0 bridgehead atoms. The highest BCUT2D eigenvalue weighted by Crippen LogP contribution is 2.18. The maximum Gasteiger partial charge on any atom is 0.340 e. The first-order valence-corrected chi connectivity index (χ1v) is 10.8. The largest absolute Gasteiger partial charge is 0.452 e. The van der Waals surface area contributed by atoms with Gasteiger partial charge in [-0.25, -0.2) is 4.79 Å². The summed E-state index contributed by atoms with van der Waals surface area (Å²) in [6.45, 7) is 1.33. The number of nitrogens with zero attached hydrogens (tertiary/aromatic N) is 4. The Morgan fingerprint density at radius 3 is 2.34 bits per heavy atom. The zero-order valence-electron chi connectivity index (χ0n) is 18.8. The topological polar surface area (TPSA) is 128 Å². The van der Waals surface area contributed by atoms with Crippen molar-refractivity contribution in [3.8, 4) is 5.69 Å². The van der Waals surface area contributed by atoms with Crippen LogP contribution in [0.2, 0.25) is 0 Å². The van der Waals surface area contributed by atoms with E-state index < -0.39 is 18.5 Å². The maximum absolute atomic E-state index is 12.9. The molecule has 1 heterocycles. The second kappa shape index (κ2) is 10.8. The van der Waals surface area contributed by atoms with Crippen LogP contribution < -0.4 is 10.6 Å². The first kappa shape index (κ1) is 23.3. The number of anilines is 1. The van der Waals surface area contributed by atoms with Crippen molar-refractivity contribution in [2.45, 2.75) is 13.0 Å². The minimum Gasteiger partial charge on any atom is -0.452 e. The number of para-hydroxylation sites is 2. The highest BCUT2D eigenvalue weighted by Gasteiger charge is 2.18. The van der Waals surface area contributed by atoms with Crippen LogP contribution in [0.15, 0.2) is 85.2 Å². The quantitative estimate of drug-likeness (QED) is 0.379. The van der Waals surface area contributed by atoms with Crippen molar-refractivity contribution in [3.63, 3.8) is 0 Å². The third kappa shape index (κ3) is 5.74. The van der Waals surface area contributed by atoms with Gasteiger partial charge >= 0.3 is 5.97 Å². The minimum absolute atomic E-state index is 0.197. The van der Waals surface area contributed by atoms with Gasteiger partial charge in [-0.2, -0.15) is 4.68 Å². The summed E-state index contributed by atoms with van der Waals surface area (Å²) >= 11 is 0. The van der Waals surface area contributed by atoms with Crippen LogP contribution in [0.3, 0.4) is 0 Å². The molecule has 0 radical (unpaired) electrons. The summed E-state index contributed by atoms with van der Waals surface area (Å²) in [4.78, 5) is 38.0. The van der Waals surface area contributed by atoms with E-state index in [4.69, 9.17) is 4.74 Å². The molecule has 176 valence electrons. The molecule has 1 unspecified atom stereocenters. The lowest BCUT2D eigenvalue weighted by atomic mass is 10.1. The van der Waals surface area contributed by atoms with Crippen molar-refractivity contribution in [2.24, 2.45) is 0 Å². The van der Waals surface area contributed by atoms with Crippen LogP contribution in [0.5, 0.6) is 0 Å². The van der Waals surface area contributed by atoms with E-state index >= 15 is 0 Å². The standard InChI is InChI=1S/C25H22N6O4/c1-17(18-9-3-2-4-10-18)27-24(33)19-11-5-7-13-21(19)28-23(32)15-35-25(34)20-12-6-8-14-22(20)31-16-26-29-30-31/h2-14,16-17H,15H2,1H3,(H,27,33)(H,28,32). The number of hydrogen-bond donors (Lipinski definition) is 2. The first-order chi connectivity index (χ1) is 17.0. The number of ether oxygens (including phenoxy) is 1. The fraction of sp³-hybridized carbons (Fsp3) is 0.120. The van der Waals surface area contributed by atoms with Gasteiger partial charge in [0.25, 0.3) is 11.8 Å². The van der Waals surface area contributed by atoms with Gasteiger partial charge in [-0.15, -0.1) is 5.10 Å². The number of tetrazole rings is 1. The molecular weight excluding hydrogens is 448 g/mol. The SMILES string of the molecule is CC(NC(=O)c1ccccc1NC(=O)COC(=O)c1ccccc1-n1cnnn1)c1ccccc1. The Balaban J connectivity index is 1.39. The number of nitrogens with one attached hydrogen (secondary N) is 2. The number of carbonyl (C=O) groups is 3. The van der Waals surface area contributed by atoms with E-state index in [1.54, 1.807) is 48.5 Å². The van der Waals surface area contributed by atoms with Crippen LogP contribution in [0, 0.1) is 0 Å². The fourth-order valence-corrected chi connectivity index (χ4v) is 3.40. The number of benzene rings is 3. The Morgan fingerprint density at radius 1 is 0.914 bits per heavy atom. The highest BCUT2D eigenvalue weighted by molar-refractivity contribution is 6.04. The van der Waals surface area contributed by atoms with Gasteiger partial charge < -0.3 is 15.4 Å². The van der Waals surface area contributed by atoms with Gasteiger partial charge in [0.1, 0.15) is 6.33 Å². The second-order valence-electron chi connectivity index (χ2n) is 7.55. The molecule has 0 aliphatic rings. The Labute approximate surface area is 200 Å². The lowest BCUT2D eigenvalue weighted by Crippen LogP contribution is -2.28. The average Bonchev–Trinajstić information content (AvgIpc) is 3.43. The van der Waals surface area contributed by atoms with E-state index in [0.29, 0.717) is 16.9 Å². The molecule has 4 rings (SSSR count). The molecule has 3 aromatic carbocycles. The van der Waals surface area contributed by atoms with Gasteiger partial charge in [0.2, 0.25) is 0 Å². The van der Waals surface area contributed by atoms with Crippen molar-refractivity contribution in [1.29, 1.82) is 0 Å². The molecule has 0 fully saturated rings. The number of amides is 2. The summed E-state index contributed by atoms with van der Waals surface area (Å²) in [5, 5.41) is 16.5. The Kier molecular flexibility index (Phi) is 7.22. The van der Waals surface area contributed by atoms with Gasteiger partial charge in [-0.05, 0) is 47.2 Å². The minimum atomic E-state index is -0.714. The molecule has 35 heavy (non-hydrogen) atoms. The van der Waals surface area contributed by atoms with Gasteiger partial charge in [0.15, 0.2) is 6.61 Å².